The normalized spacial score (nSPS) is 18.6. The summed E-state index contributed by atoms with van der Waals surface area (Å²) in [5.41, 5.74) is 0.0298. The van der Waals surface area contributed by atoms with Gasteiger partial charge in [-0.05, 0) is 37.3 Å². The fraction of sp³-hybridized carbons (Fsp3) is 0.545. The summed E-state index contributed by atoms with van der Waals surface area (Å²) in [4.78, 5) is 32.4. The van der Waals surface area contributed by atoms with Gasteiger partial charge in [-0.2, -0.15) is 0 Å². The maximum atomic E-state index is 13.2. The summed E-state index contributed by atoms with van der Waals surface area (Å²) in [6.45, 7) is 0. The van der Waals surface area contributed by atoms with Crippen LogP contribution in [0.3, 0.4) is 0 Å². The van der Waals surface area contributed by atoms with Crippen LogP contribution >= 0.6 is 0 Å². The van der Waals surface area contributed by atoms with Crippen molar-refractivity contribution in [2.75, 3.05) is 5.32 Å². The molecule has 2 aromatic heterocycles. The van der Waals surface area contributed by atoms with E-state index in [2.05, 4.69) is 15.3 Å². The molecular weight excluding hydrogens is 432 g/mol. The third kappa shape index (κ3) is 4.85. The number of imidazole rings is 1. The first-order valence-corrected chi connectivity index (χ1v) is 12.7. The van der Waals surface area contributed by atoms with Crippen molar-refractivity contribution in [2.45, 2.75) is 74.1 Å². The smallest absolute Gasteiger partial charge is 0.337 e. The molecule has 2 N–H and O–H groups in total. The fourth-order valence-corrected chi connectivity index (χ4v) is 6.15. The summed E-state index contributed by atoms with van der Waals surface area (Å²) in [6.07, 6.45) is 12.4. The number of hydrogen-bond donors (Lipinski definition) is 2. The lowest BCUT2D eigenvalue weighted by Crippen LogP contribution is -2.29. The summed E-state index contributed by atoms with van der Waals surface area (Å²) in [5, 5.41) is 11.4. The van der Waals surface area contributed by atoms with Gasteiger partial charge in [-0.1, -0.05) is 38.5 Å². The monoisotopic (exact) mass is 460 g/mol. The Morgan fingerprint density at radius 1 is 1.09 bits per heavy atom. The molecule has 2 saturated carbocycles. The third-order valence-corrected chi connectivity index (χ3v) is 8.71. The quantitative estimate of drug-likeness (QED) is 0.617. The molecule has 2 aliphatic carbocycles. The van der Waals surface area contributed by atoms with Gasteiger partial charge in [0.25, 0.3) is 0 Å². The number of carbonyl (C=O) groups is 2. The van der Waals surface area contributed by atoms with Crippen LogP contribution < -0.4 is 5.32 Å². The Hall–Kier alpha value is -2.75. The zero-order valence-electron chi connectivity index (χ0n) is 17.8. The van der Waals surface area contributed by atoms with Crippen LogP contribution in [0.1, 0.15) is 74.2 Å². The maximum absolute atomic E-state index is 13.2. The summed E-state index contributed by atoms with van der Waals surface area (Å²) < 4.78 is 27.1. The average molecular weight is 461 g/mol. The van der Waals surface area contributed by atoms with E-state index in [0.717, 1.165) is 32.1 Å². The van der Waals surface area contributed by atoms with Crippen molar-refractivity contribution in [1.29, 1.82) is 0 Å². The first-order chi connectivity index (χ1) is 15.3. The summed E-state index contributed by atoms with van der Waals surface area (Å²) >= 11 is 0. The minimum absolute atomic E-state index is 0.0209. The van der Waals surface area contributed by atoms with Crippen LogP contribution in [0.25, 0.3) is 0 Å². The van der Waals surface area contributed by atoms with Gasteiger partial charge < -0.3 is 15.0 Å². The van der Waals surface area contributed by atoms with E-state index in [4.69, 9.17) is 5.11 Å². The van der Waals surface area contributed by atoms with E-state index in [0.29, 0.717) is 25.2 Å². The lowest BCUT2D eigenvalue weighted by atomic mass is 9.84. The highest BCUT2D eigenvalue weighted by atomic mass is 32.2. The number of rotatable bonds is 8. The largest absolute Gasteiger partial charge is 0.478 e. The Labute approximate surface area is 187 Å². The van der Waals surface area contributed by atoms with Gasteiger partial charge in [0.15, 0.2) is 14.9 Å². The van der Waals surface area contributed by atoms with Crippen LogP contribution in [-0.2, 0) is 14.6 Å². The lowest BCUT2D eigenvalue weighted by Gasteiger charge is -2.26. The van der Waals surface area contributed by atoms with Gasteiger partial charge >= 0.3 is 5.97 Å². The zero-order chi connectivity index (χ0) is 22.7. The molecular formula is C22H28N4O5S. The van der Waals surface area contributed by atoms with E-state index in [9.17, 15) is 18.0 Å². The molecule has 2 aliphatic rings. The van der Waals surface area contributed by atoms with Gasteiger partial charge in [-0.25, -0.2) is 23.2 Å². The lowest BCUT2D eigenvalue weighted by molar-refractivity contribution is -0.119. The van der Waals surface area contributed by atoms with Crippen LogP contribution in [0, 0.1) is 5.92 Å². The standard InChI is InChI=1S/C22H28N4O5S/c27-21(25-19-10-9-16(12-23-19)22(28)29)18(11-15-5-2-1-3-6-15)26-13-20(24-14-26)32(30,31)17-7-4-8-17/h9-10,12-15,17-18H,1-8,11H2,(H,28,29)(H,23,25,27)/t18-/m0/s1. The number of pyridine rings is 1. The molecule has 32 heavy (non-hydrogen) atoms. The number of hydrogen-bond acceptors (Lipinski definition) is 6. The molecule has 0 aliphatic heterocycles. The maximum Gasteiger partial charge on any atom is 0.337 e. The molecule has 2 fully saturated rings. The van der Waals surface area contributed by atoms with E-state index < -0.39 is 21.8 Å². The van der Waals surface area contributed by atoms with Crippen molar-refractivity contribution < 1.29 is 23.1 Å². The molecule has 1 amide bonds. The molecule has 0 radical (unpaired) electrons. The Bertz CT molecular complexity index is 1070. The predicted molar refractivity (Wildman–Crippen MR) is 117 cm³/mol. The molecule has 2 aromatic rings. The Kier molecular flexibility index (Phi) is 6.59. The zero-order valence-corrected chi connectivity index (χ0v) is 18.6. The third-order valence-electron chi connectivity index (χ3n) is 6.57. The molecule has 2 heterocycles. The highest BCUT2D eigenvalue weighted by Crippen LogP contribution is 2.33. The number of amides is 1. The van der Waals surface area contributed by atoms with Gasteiger partial charge in [0.2, 0.25) is 5.91 Å². The molecule has 172 valence electrons. The number of aromatic carboxylic acids is 1. The molecule has 0 bridgehead atoms. The average Bonchev–Trinajstić information content (AvgIpc) is 3.22. The van der Waals surface area contributed by atoms with E-state index in [1.54, 1.807) is 4.57 Å². The second-order valence-electron chi connectivity index (χ2n) is 8.74. The topological polar surface area (TPSA) is 131 Å². The molecule has 0 unspecified atom stereocenters. The van der Waals surface area contributed by atoms with Crippen LogP contribution in [-0.4, -0.2) is 45.2 Å². The van der Waals surface area contributed by atoms with Crippen molar-refractivity contribution in [3.05, 3.63) is 36.4 Å². The summed E-state index contributed by atoms with van der Waals surface area (Å²) in [5.74, 6) is -0.799. The minimum atomic E-state index is -3.48. The highest BCUT2D eigenvalue weighted by molar-refractivity contribution is 7.92. The van der Waals surface area contributed by atoms with Crippen molar-refractivity contribution in [2.24, 2.45) is 5.92 Å². The SMILES string of the molecule is O=C(O)c1ccc(NC(=O)[C@H](CC2CCCCC2)n2cnc(S(=O)(=O)C3CCC3)c2)nc1. The second kappa shape index (κ2) is 9.40. The Morgan fingerprint density at radius 3 is 2.44 bits per heavy atom. The van der Waals surface area contributed by atoms with Gasteiger partial charge in [0.1, 0.15) is 11.9 Å². The number of anilines is 1. The molecule has 0 saturated heterocycles. The molecule has 0 spiro atoms. The minimum Gasteiger partial charge on any atom is -0.478 e. The van der Waals surface area contributed by atoms with Crippen molar-refractivity contribution in [3.63, 3.8) is 0 Å². The molecule has 4 rings (SSSR count). The van der Waals surface area contributed by atoms with E-state index >= 15 is 0 Å². The highest BCUT2D eigenvalue weighted by Gasteiger charge is 2.35. The van der Waals surface area contributed by atoms with E-state index in [1.165, 1.54) is 37.3 Å². The molecule has 9 nitrogen and oxygen atoms in total. The molecule has 1 atom stereocenters. The first-order valence-electron chi connectivity index (χ1n) is 11.1. The summed E-state index contributed by atoms with van der Waals surface area (Å²) in [6, 6.07) is 2.19. The van der Waals surface area contributed by atoms with Gasteiger partial charge in [0.05, 0.1) is 17.1 Å². The van der Waals surface area contributed by atoms with Crippen LogP contribution in [0.15, 0.2) is 35.9 Å². The van der Waals surface area contributed by atoms with Crippen molar-refractivity contribution >= 4 is 27.5 Å². The van der Waals surface area contributed by atoms with Crippen LogP contribution in [0.2, 0.25) is 0 Å². The van der Waals surface area contributed by atoms with Gasteiger partial charge in [0, 0.05) is 12.4 Å². The van der Waals surface area contributed by atoms with E-state index in [-0.39, 0.29) is 27.6 Å². The second-order valence-corrected chi connectivity index (χ2v) is 10.9. The van der Waals surface area contributed by atoms with Crippen LogP contribution in [0.4, 0.5) is 5.82 Å². The number of nitrogens with one attached hydrogen (secondary N) is 1. The number of carbonyl (C=O) groups excluding carboxylic acids is 1. The van der Waals surface area contributed by atoms with Gasteiger partial charge in [-0.15, -0.1) is 0 Å². The van der Waals surface area contributed by atoms with E-state index in [1.807, 2.05) is 0 Å². The summed E-state index contributed by atoms with van der Waals surface area (Å²) in [7, 11) is -3.48. The molecule has 10 heteroatoms. The number of aromatic nitrogens is 3. The number of carboxylic acid groups (broad SMARTS) is 1. The van der Waals surface area contributed by atoms with Crippen molar-refractivity contribution in [3.8, 4) is 0 Å². The predicted octanol–water partition coefficient (Wildman–Crippen LogP) is 3.45. The Balaban J connectivity index is 1.55. The Morgan fingerprint density at radius 2 is 1.84 bits per heavy atom. The number of carboxylic acids is 1. The number of sulfone groups is 1. The molecule has 0 aromatic carbocycles. The van der Waals surface area contributed by atoms with Crippen LogP contribution in [0.5, 0.6) is 0 Å². The fourth-order valence-electron chi connectivity index (χ4n) is 4.39. The van der Waals surface area contributed by atoms with Crippen molar-refractivity contribution in [1.82, 2.24) is 14.5 Å². The first kappa shape index (κ1) is 22.4. The van der Waals surface area contributed by atoms with Gasteiger partial charge in [-0.3, -0.25) is 4.79 Å². The number of nitrogens with zero attached hydrogens (tertiary/aromatic N) is 3.